The van der Waals surface area contributed by atoms with Crippen LogP contribution in [0.15, 0.2) is 0 Å². The van der Waals surface area contributed by atoms with Gasteiger partial charge in [-0.2, -0.15) is 0 Å². The van der Waals surface area contributed by atoms with E-state index in [4.69, 9.17) is 15.3 Å². The number of aliphatic carboxylic acids is 3. The minimum atomic E-state index is -1.11. The molecule has 0 aromatic rings. The number of hydrogen-bond acceptors (Lipinski definition) is 7. The Labute approximate surface area is 160 Å². The molecule has 0 saturated carbocycles. The van der Waals surface area contributed by atoms with Gasteiger partial charge in [0.05, 0.1) is 0 Å². The summed E-state index contributed by atoms with van der Waals surface area (Å²) in [7, 11) is 0. The molecule has 0 aromatic heterocycles. The molecule has 0 saturated heterocycles. The molecule has 0 rings (SSSR count). The number of carboxylic acids is 3. The van der Waals surface area contributed by atoms with Crippen molar-refractivity contribution in [1.29, 1.82) is 0 Å². The molecule has 0 aliphatic heterocycles. The first-order valence-electron chi connectivity index (χ1n) is 7.91. The second kappa shape index (κ2) is 13.6. The summed E-state index contributed by atoms with van der Waals surface area (Å²) in [4.78, 5) is 48.0. The van der Waals surface area contributed by atoms with E-state index >= 15 is 0 Å². The summed E-state index contributed by atoms with van der Waals surface area (Å²) in [5, 5.41) is 26.6. The fourth-order valence-electron chi connectivity index (χ4n) is 2.29. The summed E-state index contributed by atoms with van der Waals surface area (Å²) in [5.41, 5.74) is 0. The Hall–Kier alpha value is -1.59. The molecule has 0 heterocycles. The standard InChI is InChI=1S/C15H25N3O7.V/c1-2-3-16(4-6-17(8-9-19)10-13(20)21)5-7-18(11-14(22)23)12-15(24)25;/h9H,3-8,10-12H2,1H3,(H,20,21)(H,22,23)(H,24,25);. The summed E-state index contributed by atoms with van der Waals surface area (Å²) in [5.74, 6) is -3.24. The third-order valence-electron chi connectivity index (χ3n) is 3.33. The molecule has 0 aliphatic rings. The normalized spacial score (nSPS) is 11.0. The zero-order valence-electron chi connectivity index (χ0n) is 14.7. The molecular weight excluding hydrogens is 385 g/mol. The van der Waals surface area contributed by atoms with Crippen LogP contribution in [0.5, 0.6) is 0 Å². The van der Waals surface area contributed by atoms with Crippen LogP contribution in [0.3, 0.4) is 0 Å². The molecule has 0 unspecified atom stereocenters. The molecule has 0 fully saturated rings. The number of nitrogens with zero attached hydrogens (tertiary/aromatic N) is 3. The van der Waals surface area contributed by atoms with Crippen molar-refractivity contribution in [3.8, 4) is 0 Å². The Bertz CT molecular complexity index is 499. The van der Waals surface area contributed by atoms with Gasteiger partial charge in [0.25, 0.3) is 0 Å². The monoisotopic (exact) mass is 410 g/mol. The van der Waals surface area contributed by atoms with Crippen molar-refractivity contribution in [2.24, 2.45) is 0 Å². The SMILES string of the molecule is C[C](=[V])CN(CCN(CC=O)CC(=O)O)CCN(CC(=O)O)CC(=O)O. The first-order valence-corrected chi connectivity index (χ1v) is 8.61. The van der Waals surface area contributed by atoms with Crippen molar-refractivity contribution >= 4 is 28.4 Å². The molecule has 0 radical (unpaired) electrons. The summed E-state index contributed by atoms with van der Waals surface area (Å²) >= 11 is 2.40. The quantitative estimate of drug-likeness (QED) is 0.247. The van der Waals surface area contributed by atoms with E-state index in [2.05, 4.69) is 17.0 Å². The van der Waals surface area contributed by atoms with E-state index in [1.54, 1.807) is 0 Å². The van der Waals surface area contributed by atoms with Gasteiger partial charge in [0, 0.05) is 0 Å². The van der Waals surface area contributed by atoms with Gasteiger partial charge >= 0.3 is 160 Å². The fraction of sp³-hybridized carbons (Fsp3) is 0.667. The van der Waals surface area contributed by atoms with Crippen molar-refractivity contribution in [2.45, 2.75) is 6.92 Å². The Morgan fingerprint density at radius 1 is 0.769 bits per heavy atom. The van der Waals surface area contributed by atoms with Crippen LogP contribution >= 0.6 is 0 Å². The summed E-state index contributed by atoms with van der Waals surface area (Å²) in [6.07, 6.45) is 0.642. The van der Waals surface area contributed by atoms with Crippen molar-refractivity contribution in [2.75, 3.05) is 58.9 Å². The van der Waals surface area contributed by atoms with Gasteiger partial charge in [-0.3, -0.25) is 0 Å². The van der Waals surface area contributed by atoms with Crippen molar-refractivity contribution in [3.05, 3.63) is 0 Å². The molecule has 0 atom stereocenters. The average molecular weight is 410 g/mol. The van der Waals surface area contributed by atoms with Gasteiger partial charge in [0.1, 0.15) is 0 Å². The predicted molar refractivity (Wildman–Crippen MR) is 89.0 cm³/mol. The third-order valence-corrected chi connectivity index (χ3v) is 3.55. The zero-order chi connectivity index (χ0) is 20.1. The Morgan fingerprint density at radius 3 is 1.54 bits per heavy atom. The number of aldehydes is 1. The Balaban J connectivity index is 4.76. The number of hydrogen-bond donors (Lipinski definition) is 3. The topological polar surface area (TPSA) is 139 Å². The molecule has 10 nitrogen and oxygen atoms in total. The van der Waals surface area contributed by atoms with Gasteiger partial charge in [-0.1, -0.05) is 0 Å². The van der Waals surface area contributed by atoms with Crippen LogP contribution < -0.4 is 0 Å². The van der Waals surface area contributed by atoms with Crippen LogP contribution in [-0.4, -0.2) is 117 Å². The third kappa shape index (κ3) is 13.7. The molecule has 0 aliphatic carbocycles. The Kier molecular flexibility index (Phi) is 12.8. The summed E-state index contributed by atoms with van der Waals surface area (Å²) < 4.78 is 1.04. The van der Waals surface area contributed by atoms with E-state index in [0.29, 0.717) is 32.5 Å². The minimum absolute atomic E-state index is 0.00910. The van der Waals surface area contributed by atoms with Crippen molar-refractivity contribution < 1.29 is 51.5 Å². The summed E-state index contributed by atoms with van der Waals surface area (Å²) in [6, 6.07) is 0. The fourth-order valence-corrected chi connectivity index (χ4v) is 2.60. The predicted octanol–water partition coefficient (Wildman–Crippen LogP) is -1.92. The Morgan fingerprint density at radius 2 is 1.15 bits per heavy atom. The number of rotatable bonds is 16. The van der Waals surface area contributed by atoms with Gasteiger partial charge < -0.3 is 0 Å². The molecule has 147 valence electrons. The number of carbonyl (C=O) groups excluding carboxylic acids is 1. The van der Waals surface area contributed by atoms with Gasteiger partial charge in [0.15, 0.2) is 0 Å². The molecule has 3 N–H and O–H groups in total. The zero-order valence-corrected chi connectivity index (χ0v) is 16.1. The molecule has 0 bridgehead atoms. The van der Waals surface area contributed by atoms with Gasteiger partial charge in [-0.25, -0.2) is 0 Å². The van der Waals surface area contributed by atoms with Crippen LogP contribution in [0.25, 0.3) is 0 Å². The van der Waals surface area contributed by atoms with E-state index < -0.39 is 17.9 Å². The number of carboxylic acid groups (broad SMARTS) is 3. The van der Waals surface area contributed by atoms with Gasteiger partial charge in [0.2, 0.25) is 0 Å². The average Bonchev–Trinajstić information content (AvgIpc) is 2.47. The van der Waals surface area contributed by atoms with Gasteiger partial charge in [-0.15, -0.1) is 0 Å². The van der Waals surface area contributed by atoms with Crippen LogP contribution in [0.4, 0.5) is 0 Å². The molecule has 11 heteroatoms. The van der Waals surface area contributed by atoms with Crippen LogP contribution in [-0.2, 0) is 36.2 Å². The van der Waals surface area contributed by atoms with Crippen molar-refractivity contribution in [1.82, 2.24) is 14.7 Å². The van der Waals surface area contributed by atoms with Gasteiger partial charge in [-0.05, 0) is 0 Å². The maximum absolute atomic E-state index is 10.9. The van der Waals surface area contributed by atoms with Crippen LogP contribution in [0.2, 0.25) is 0 Å². The van der Waals surface area contributed by atoms with E-state index in [9.17, 15) is 19.2 Å². The van der Waals surface area contributed by atoms with E-state index in [1.807, 2.05) is 11.8 Å². The molecule has 0 amide bonds. The van der Waals surface area contributed by atoms with Crippen LogP contribution in [0, 0.1) is 0 Å². The first kappa shape index (κ1) is 24.4. The van der Waals surface area contributed by atoms with E-state index in [0.717, 1.165) is 4.23 Å². The number of carbonyl (C=O) groups is 4. The molecule has 0 spiro atoms. The maximum atomic E-state index is 10.9. The second-order valence-corrected chi connectivity index (χ2v) is 7.00. The second-order valence-electron chi connectivity index (χ2n) is 5.81. The summed E-state index contributed by atoms with van der Waals surface area (Å²) in [6.45, 7) is 2.96. The molecule has 0 aromatic carbocycles. The molecule has 26 heavy (non-hydrogen) atoms. The van der Waals surface area contributed by atoms with E-state index in [1.165, 1.54) is 9.80 Å². The first-order chi connectivity index (χ1) is 12.1. The van der Waals surface area contributed by atoms with E-state index in [-0.39, 0.29) is 32.7 Å². The van der Waals surface area contributed by atoms with Crippen molar-refractivity contribution in [3.63, 3.8) is 0 Å². The molecular formula is C15H25N3O7V. The van der Waals surface area contributed by atoms with Crippen LogP contribution in [0.1, 0.15) is 6.92 Å².